The van der Waals surface area contributed by atoms with Crippen LogP contribution in [0.3, 0.4) is 0 Å². The van der Waals surface area contributed by atoms with Crippen LogP contribution in [0.5, 0.6) is 0 Å². The second-order valence-electron chi connectivity index (χ2n) is 8.78. The number of furan rings is 1. The van der Waals surface area contributed by atoms with Crippen molar-refractivity contribution < 1.29 is 23.7 Å². The van der Waals surface area contributed by atoms with Crippen LogP contribution in [0.25, 0.3) is 21.9 Å². The number of nitro groups is 1. The molecule has 0 radical (unpaired) electrons. The van der Waals surface area contributed by atoms with Crippen molar-refractivity contribution in [3.05, 3.63) is 82.4 Å². The molecule has 34 heavy (non-hydrogen) atoms. The third-order valence-corrected chi connectivity index (χ3v) is 7.07. The van der Waals surface area contributed by atoms with Crippen molar-refractivity contribution in [1.29, 1.82) is 0 Å². The van der Waals surface area contributed by atoms with E-state index in [4.69, 9.17) is 4.42 Å². The predicted octanol–water partition coefficient (Wildman–Crippen LogP) is 4.89. The first-order valence-corrected chi connectivity index (χ1v) is 11.0. The second kappa shape index (κ2) is 7.08. The third kappa shape index (κ3) is 2.62. The highest BCUT2D eigenvalue weighted by atomic mass is 16.6. The Labute approximate surface area is 192 Å². The predicted molar refractivity (Wildman–Crippen MR) is 123 cm³/mol. The van der Waals surface area contributed by atoms with Crippen molar-refractivity contribution in [2.75, 3.05) is 4.90 Å². The van der Waals surface area contributed by atoms with Gasteiger partial charge in [-0.2, -0.15) is 0 Å². The number of benzene rings is 3. The molecular formula is C26H18N2O6. The van der Waals surface area contributed by atoms with Crippen LogP contribution in [0.2, 0.25) is 0 Å². The average molecular weight is 454 g/mol. The molecule has 8 nitrogen and oxygen atoms in total. The molecule has 2 unspecified atom stereocenters. The van der Waals surface area contributed by atoms with Crippen LogP contribution in [-0.4, -0.2) is 22.4 Å². The fourth-order valence-corrected chi connectivity index (χ4v) is 5.52. The Morgan fingerprint density at radius 3 is 2.38 bits per heavy atom. The highest BCUT2D eigenvalue weighted by molar-refractivity contribution is 6.50. The van der Waals surface area contributed by atoms with E-state index in [1.807, 2.05) is 24.3 Å². The van der Waals surface area contributed by atoms with E-state index in [-0.39, 0.29) is 24.3 Å². The summed E-state index contributed by atoms with van der Waals surface area (Å²) < 4.78 is 5.89. The van der Waals surface area contributed by atoms with Gasteiger partial charge in [-0.3, -0.25) is 29.4 Å². The Morgan fingerprint density at radius 1 is 0.941 bits per heavy atom. The molecule has 2 heterocycles. The number of fused-ring (bicyclic) bond motifs is 3. The van der Waals surface area contributed by atoms with Gasteiger partial charge in [-0.1, -0.05) is 30.3 Å². The van der Waals surface area contributed by atoms with Crippen molar-refractivity contribution in [2.24, 2.45) is 5.41 Å². The minimum Gasteiger partial charge on any atom is -0.456 e. The zero-order valence-electron chi connectivity index (χ0n) is 17.9. The van der Waals surface area contributed by atoms with Gasteiger partial charge < -0.3 is 4.42 Å². The number of Topliss-reactive ketones (excluding diaryl/α,β-unsaturated/α-hetero) is 2. The standard InChI is InChI=1S/C26H18N2O6/c29-22-6-3-13-26(22)23(15-7-9-16(10-8-15)28(32)33)27(25(31)24(26)30)17-11-12-21-19(14-17)18-4-1-2-5-20(18)34-21/h1-2,4-5,7-12,14,23H,3,6,13H2. The number of hydrogen-bond donors (Lipinski definition) is 0. The smallest absolute Gasteiger partial charge is 0.296 e. The molecule has 6 rings (SSSR count). The number of ketones is 2. The normalized spacial score (nSPS) is 22.5. The molecule has 1 spiro atoms. The summed E-state index contributed by atoms with van der Waals surface area (Å²) in [4.78, 5) is 51.9. The van der Waals surface area contributed by atoms with E-state index in [2.05, 4.69) is 0 Å². The molecule has 1 aliphatic carbocycles. The van der Waals surface area contributed by atoms with Crippen LogP contribution in [0.1, 0.15) is 30.9 Å². The van der Waals surface area contributed by atoms with Crippen LogP contribution in [-0.2, 0) is 14.4 Å². The number of rotatable bonds is 3. The number of anilines is 1. The number of carbonyl (C=O) groups is 3. The van der Waals surface area contributed by atoms with Crippen molar-refractivity contribution in [1.82, 2.24) is 0 Å². The van der Waals surface area contributed by atoms with Crippen LogP contribution < -0.4 is 4.90 Å². The Morgan fingerprint density at radius 2 is 1.68 bits per heavy atom. The minimum atomic E-state index is -1.49. The molecule has 2 fully saturated rings. The lowest BCUT2D eigenvalue weighted by molar-refractivity contribution is -0.384. The maximum absolute atomic E-state index is 13.4. The van der Waals surface area contributed by atoms with Gasteiger partial charge in [0.2, 0.25) is 5.78 Å². The monoisotopic (exact) mass is 454 g/mol. The molecule has 0 bridgehead atoms. The number of para-hydroxylation sites is 1. The Bertz CT molecular complexity index is 1540. The topological polar surface area (TPSA) is 111 Å². The summed E-state index contributed by atoms with van der Waals surface area (Å²) in [5.74, 6) is -1.72. The maximum Gasteiger partial charge on any atom is 0.296 e. The van der Waals surface area contributed by atoms with Crippen molar-refractivity contribution in [3.63, 3.8) is 0 Å². The van der Waals surface area contributed by atoms with E-state index in [0.717, 1.165) is 10.8 Å². The summed E-state index contributed by atoms with van der Waals surface area (Å²) in [6.45, 7) is 0. The first-order chi connectivity index (χ1) is 16.4. The number of amides is 1. The fraction of sp³-hybridized carbons (Fsp3) is 0.192. The SMILES string of the molecule is O=C1C(=O)C2(CCCC2=O)C(c2ccc([N+](=O)[O-])cc2)N1c1ccc2oc3ccccc3c2c1. The Hall–Kier alpha value is -4.33. The molecule has 2 atom stereocenters. The molecule has 8 heteroatoms. The van der Waals surface area contributed by atoms with Crippen LogP contribution in [0.4, 0.5) is 11.4 Å². The summed E-state index contributed by atoms with van der Waals surface area (Å²) >= 11 is 0. The summed E-state index contributed by atoms with van der Waals surface area (Å²) in [6.07, 6.45) is 1.01. The summed E-state index contributed by atoms with van der Waals surface area (Å²) in [7, 11) is 0. The van der Waals surface area contributed by atoms with Crippen LogP contribution >= 0.6 is 0 Å². The van der Waals surface area contributed by atoms with Crippen molar-refractivity contribution in [2.45, 2.75) is 25.3 Å². The van der Waals surface area contributed by atoms with E-state index in [1.54, 1.807) is 18.2 Å². The molecule has 1 amide bonds. The molecule has 1 saturated carbocycles. The van der Waals surface area contributed by atoms with Gasteiger partial charge in [-0.05, 0) is 42.7 Å². The molecule has 1 saturated heterocycles. The van der Waals surface area contributed by atoms with Gasteiger partial charge >= 0.3 is 0 Å². The van der Waals surface area contributed by atoms with E-state index in [9.17, 15) is 24.5 Å². The third-order valence-electron chi connectivity index (χ3n) is 7.07. The molecule has 168 valence electrons. The molecule has 3 aromatic carbocycles. The number of hydrogen-bond acceptors (Lipinski definition) is 6. The Kier molecular flexibility index (Phi) is 4.23. The number of carbonyl (C=O) groups excluding carboxylic acids is 3. The van der Waals surface area contributed by atoms with Gasteiger partial charge in [0.25, 0.3) is 11.6 Å². The van der Waals surface area contributed by atoms with E-state index in [1.165, 1.54) is 29.2 Å². The van der Waals surface area contributed by atoms with E-state index >= 15 is 0 Å². The molecule has 1 aliphatic heterocycles. The van der Waals surface area contributed by atoms with Crippen LogP contribution in [0, 0.1) is 15.5 Å². The van der Waals surface area contributed by atoms with Gasteiger partial charge in [0.1, 0.15) is 22.4 Å². The molecule has 0 N–H and O–H groups in total. The van der Waals surface area contributed by atoms with E-state index < -0.39 is 28.1 Å². The quantitative estimate of drug-likeness (QED) is 0.189. The van der Waals surface area contributed by atoms with Crippen molar-refractivity contribution in [3.8, 4) is 0 Å². The summed E-state index contributed by atoms with van der Waals surface area (Å²) in [5.41, 5.74) is 0.730. The zero-order valence-corrected chi connectivity index (χ0v) is 17.9. The molecule has 2 aliphatic rings. The minimum absolute atomic E-state index is 0.107. The van der Waals surface area contributed by atoms with Crippen molar-refractivity contribution >= 4 is 50.8 Å². The lowest BCUT2D eigenvalue weighted by Gasteiger charge is -2.32. The maximum atomic E-state index is 13.4. The largest absolute Gasteiger partial charge is 0.456 e. The zero-order chi connectivity index (χ0) is 23.6. The van der Waals surface area contributed by atoms with Gasteiger partial charge in [-0.15, -0.1) is 0 Å². The first-order valence-electron chi connectivity index (χ1n) is 11.0. The highest BCUT2D eigenvalue weighted by Gasteiger charge is 2.65. The first kappa shape index (κ1) is 20.3. The highest BCUT2D eigenvalue weighted by Crippen LogP contribution is 2.55. The summed E-state index contributed by atoms with van der Waals surface area (Å²) in [6, 6.07) is 17.6. The van der Waals surface area contributed by atoms with Gasteiger partial charge in [0, 0.05) is 35.0 Å². The number of nitrogens with zero attached hydrogens (tertiary/aromatic N) is 2. The summed E-state index contributed by atoms with van der Waals surface area (Å²) in [5, 5.41) is 12.8. The Balaban J connectivity index is 1.56. The van der Waals surface area contributed by atoms with E-state index in [0.29, 0.717) is 28.8 Å². The second-order valence-corrected chi connectivity index (χ2v) is 8.78. The van der Waals surface area contributed by atoms with Gasteiger partial charge in [-0.25, -0.2) is 0 Å². The number of non-ortho nitro benzene ring substituents is 1. The van der Waals surface area contributed by atoms with Gasteiger partial charge in [0.15, 0.2) is 0 Å². The van der Waals surface area contributed by atoms with Gasteiger partial charge in [0.05, 0.1) is 11.0 Å². The number of nitro benzene ring substituents is 1. The fourth-order valence-electron chi connectivity index (χ4n) is 5.52. The molecular weight excluding hydrogens is 436 g/mol. The molecule has 4 aromatic rings. The lowest BCUT2D eigenvalue weighted by atomic mass is 9.74. The average Bonchev–Trinajstić information content (AvgIpc) is 3.48. The van der Waals surface area contributed by atoms with Crippen LogP contribution in [0.15, 0.2) is 71.1 Å². The lowest BCUT2D eigenvalue weighted by Crippen LogP contribution is -2.38. The molecule has 1 aromatic heterocycles.